The summed E-state index contributed by atoms with van der Waals surface area (Å²) in [7, 11) is 0. The van der Waals surface area contributed by atoms with Crippen LogP contribution in [-0.2, 0) is 0 Å². The van der Waals surface area contributed by atoms with Crippen LogP contribution in [0.25, 0.3) is 0 Å². The standard InChI is InChI=1S/C11H15NO/c1-9(8-10(2)12-13)11-6-4-3-5-7-11/h3-7,9,13H,8H2,1-2H3/b12-10+. The zero-order chi connectivity index (χ0) is 9.68. The quantitative estimate of drug-likeness (QED) is 0.429. The molecular weight excluding hydrogens is 162 g/mol. The lowest BCUT2D eigenvalue weighted by atomic mass is 9.96. The van der Waals surface area contributed by atoms with Crippen LogP contribution in [0.5, 0.6) is 0 Å². The Kier molecular flexibility index (Phi) is 3.50. The normalized spacial score (nSPS) is 14.2. The predicted molar refractivity (Wildman–Crippen MR) is 54.4 cm³/mol. The summed E-state index contributed by atoms with van der Waals surface area (Å²) >= 11 is 0. The van der Waals surface area contributed by atoms with E-state index in [2.05, 4.69) is 24.2 Å². The average molecular weight is 177 g/mol. The van der Waals surface area contributed by atoms with E-state index in [1.807, 2.05) is 25.1 Å². The van der Waals surface area contributed by atoms with E-state index in [9.17, 15) is 0 Å². The van der Waals surface area contributed by atoms with Gasteiger partial charge in [0.1, 0.15) is 0 Å². The molecule has 0 saturated carbocycles. The topological polar surface area (TPSA) is 32.6 Å². The van der Waals surface area contributed by atoms with Gasteiger partial charge in [-0.05, 0) is 24.8 Å². The van der Waals surface area contributed by atoms with Crippen molar-refractivity contribution in [2.75, 3.05) is 0 Å². The molecular formula is C11H15NO. The van der Waals surface area contributed by atoms with Gasteiger partial charge < -0.3 is 5.21 Å². The Bertz CT molecular complexity index is 279. The van der Waals surface area contributed by atoms with Crippen LogP contribution in [0.15, 0.2) is 35.5 Å². The first-order chi connectivity index (χ1) is 6.24. The fourth-order valence-electron chi connectivity index (χ4n) is 1.38. The number of nitrogens with zero attached hydrogens (tertiary/aromatic N) is 1. The number of hydrogen-bond donors (Lipinski definition) is 1. The van der Waals surface area contributed by atoms with Gasteiger partial charge >= 0.3 is 0 Å². The summed E-state index contributed by atoms with van der Waals surface area (Å²) in [5, 5.41) is 11.7. The Hall–Kier alpha value is -1.31. The maximum atomic E-state index is 8.52. The van der Waals surface area contributed by atoms with Gasteiger partial charge in [0.05, 0.1) is 5.71 Å². The first-order valence-corrected chi connectivity index (χ1v) is 4.46. The monoisotopic (exact) mass is 177 g/mol. The van der Waals surface area contributed by atoms with Gasteiger partial charge in [-0.3, -0.25) is 0 Å². The minimum absolute atomic E-state index is 0.414. The fourth-order valence-corrected chi connectivity index (χ4v) is 1.38. The van der Waals surface area contributed by atoms with Crippen LogP contribution in [0.4, 0.5) is 0 Å². The van der Waals surface area contributed by atoms with Crippen molar-refractivity contribution in [3.63, 3.8) is 0 Å². The smallest absolute Gasteiger partial charge is 0.0546 e. The number of rotatable bonds is 3. The molecule has 0 aliphatic rings. The first kappa shape index (κ1) is 9.78. The molecule has 1 unspecified atom stereocenters. The van der Waals surface area contributed by atoms with E-state index in [1.54, 1.807) is 0 Å². The molecule has 1 aromatic rings. The maximum Gasteiger partial charge on any atom is 0.0546 e. The Morgan fingerprint density at radius 1 is 1.38 bits per heavy atom. The molecule has 0 aromatic heterocycles. The average Bonchev–Trinajstić information content (AvgIpc) is 2.19. The molecule has 13 heavy (non-hydrogen) atoms. The molecule has 0 radical (unpaired) electrons. The van der Waals surface area contributed by atoms with Crippen LogP contribution < -0.4 is 0 Å². The molecule has 0 heterocycles. The lowest BCUT2D eigenvalue weighted by Gasteiger charge is -2.09. The fraction of sp³-hybridized carbons (Fsp3) is 0.364. The van der Waals surface area contributed by atoms with Crippen molar-refractivity contribution in [1.82, 2.24) is 0 Å². The Labute approximate surface area is 78.9 Å². The molecule has 1 aromatic carbocycles. The zero-order valence-corrected chi connectivity index (χ0v) is 8.07. The van der Waals surface area contributed by atoms with Crippen molar-refractivity contribution < 1.29 is 5.21 Å². The molecule has 0 amide bonds. The van der Waals surface area contributed by atoms with Crippen molar-refractivity contribution in [3.8, 4) is 0 Å². The van der Waals surface area contributed by atoms with E-state index in [0.717, 1.165) is 12.1 Å². The van der Waals surface area contributed by atoms with Gasteiger partial charge in [0.15, 0.2) is 0 Å². The van der Waals surface area contributed by atoms with Crippen LogP contribution in [0.1, 0.15) is 31.7 Å². The molecule has 0 spiro atoms. The Morgan fingerprint density at radius 2 is 2.00 bits per heavy atom. The van der Waals surface area contributed by atoms with Gasteiger partial charge in [0, 0.05) is 0 Å². The molecule has 0 aliphatic carbocycles. The summed E-state index contributed by atoms with van der Waals surface area (Å²) < 4.78 is 0. The second-order valence-corrected chi connectivity index (χ2v) is 3.35. The van der Waals surface area contributed by atoms with Crippen molar-refractivity contribution >= 4 is 5.71 Å². The lowest BCUT2D eigenvalue weighted by Crippen LogP contribution is -2.00. The summed E-state index contributed by atoms with van der Waals surface area (Å²) in [5.41, 5.74) is 2.06. The second kappa shape index (κ2) is 4.65. The molecule has 0 bridgehead atoms. The highest BCUT2D eigenvalue weighted by Gasteiger charge is 2.05. The molecule has 2 nitrogen and oxygen atoms in total. The van der Waals surface area contributed by atoms with Gasteiger partial charge in [0.25, 0.3) is 0 Å². The minimum atomic E-state index is 0.414. The van der Waals surface area contributed by atoms with Gasteiger partial charge in [0.2, 0.25) is 0 Å². The molecule has 2 heteroatoms. The number of oxime groups is 1. The van der Waals surface area contributed by atoms with E-state index >= 15 is 0 Å². The van der Waals surface area contributed by atoms with E-state index in [4.69, 9.17) is 5.21 Å². The van der Waals surface area contributed by atoms with Crippen molar-refractivity contribution in [1.29, 1.82) is 0 Å². The SMILES string of the molecule is C/C(CC(C)c1ccccc1)=N\O. The minimum Gasteiger partial charge on any atom is -0.411 e. The molecule has 1 atom stereocenters. The molecule has 0 aliphatic heterocycles. The Balaban J connectivity index is 2.64. The van der Waals surface area contributed by atoms with E-state index in [0.29, 0.717) is 5.92 Å². The van der Waals surface area contributed by atoms with E-state index < -0.39 is 0 Å². The summed E-state index contributed by atoms with van der Waals surface area (Å²) in [6.07, 6.45) is 0.806. The van der Waals surface area contributed by atoms with Crippen molar-refractivity contribution in [2.24, 2.45) is 5.16 Å². The molecule has 0 fully saturated rings. The van der Waals surface area contributed by atoms with Gasteiger partial charge in [-0.15, -0.1) is 0 Å². The van der Waals surface area contributed by atoms with Gasteiger partial charge in [-0.2, -0.15) is 0 Å². The maximum absolute atomic E-state index is 8.52. The van der Waals surface area contributed by atoms with Crippen LogP contribution >= 0.6 is 0 Å². The third kappa shape index (κ3) is 2.90. The predicted octanol–water partition coefficient (Wildman–Crippen LogP) is 3.03. The number of benzene rings is 1. The highest BCUT2D eigenvalue weighted by atomic mass is 16.4. The molecule has 70 valence electrons. The van der Waals surface area contributed by atoms with Crippen LogP contribution in [0.2, 0.25) is 0 Å². The largest absolute Gasteiger partial charge is 0.411 e. The summed E-state index contributed by atoms with van der Waals surface area (Å²) in [5.74, 6) is 0.414. The van der Waals surface area contributed by atoms with Crippen molar-refractivity contribution in [3.05, 3.63) is 35.9 Å². The van der Waals surface area contributed by atoms with Crippen LogP contribution in [-0.4, -0.2) is 10.9 Å². The molecule has 1 rings (SSSR count). The van der Waals surface area contributed by atoms with Gasteiger partial charge in [-0.1, -0.05) is 42.4 Å². The third-order valence-electron chi connectivity index (χ3n) is 2.14. The Morgan fingerprint density at radius 3 is 2.54 bits per heavy atom. The van der Waals surface area contributed by atoms with Gasteiger partial charge in [-0.25, -0.2) is 0 Å². The lowest BCUT2D eigenvalue weighted by molar-refractivity contribution is 0.317. The first-order valence-electron chi connectivity index (χ1n) is 4.46. The summed E-state index contributed by atoms with van der Waals surface area (Å²) in [6, 6.07) is 10.2. The number of hydrogen-bond acceptors (Lipinski definition) is 2. The van der Waals surface area contributed by atoms with Crippen LogP contribution in [0, 0.1) is 0 Å². The highest BCUT2D eigenvalue weighted by Crippen LogP contribution is 2.18. The second-order valence-electron chi connectivity index (χ2n) is 3.35. The zero-order valence-electron chi connectivity index (χ0n) is 8.07. The molecule has 0 saturated heterocycles. The third-order valence-corrected chi connectivity index (χ3v) is 2.14. The van der Waals surface area contributed by atoms with Crippen molar-refractivity contribution in [2.45, 2.75) is 26.2 Å². The van der Waals surface area contributed by atoms with Crippen LogP contribution in [0.3, 0.4) is 0 Å². The van der Waals surface area contributed by atoms with E-state index in [-0.39, 0.29) is 0 Å². The van der Waals surface area contributed by atoms with E-state index in [1.165, 1.54) is 5.56 Å². The highest BCUT2D eigenvalue weighted by molar-refractivity contribution is 5.81. The summed E-state index contributed by atoms with van der Waals surface area (Å²) in [4.78, 5) is 0. The summed E-state index contributed by atoms with van der Waals surface area (Å²) in [6.45, 7) is 3.96. The molecule has 1 N–H and O–H groups in total.